The predicted octanol–water partition coefficient (Wildman–Crippen LogP) is 10.1. The number of fused-ring (bicyclic) bond motifs is 3. The lowest BCUT2D eigenvalue weighted by atomic mass is 9.76. The summed E-state index contributed by atoms with van der Waals surface area (Å²) in [7, 11) is 0. The van der Waals surface area contributed by atoms with E-state index in [1.807, 2.05) is 18.2 Å². The van der Waals surface area contributed by atoms with E-state index in [9.17, 15) is 0 Å². The first-order valence-electron chi connectivity index (χ1n) is 13.0. The second-order valence-corrected chi connectivity index (χ2v) is 11.4. The first-order valence-corrected chi connectivity index (χ1v) is 14.1. The van der Waals surface area contributed by atoms with Gasteiger partial charge in [0.15, 0.2) is 0 Å². The van der Waals surface area contributed by atoms with Crippen molar-refractivity contribution < 1.29 is 4.74 Å². The van der Waals surface area contributed by atoms with E-state index >= 15 is 0 Å². The Labute approximate surface area is 244 Å². The smallest absolute Gasteiger partial charge is 0.128 e. The molecule has 0 amide bonds. The van der Waals surface area contributed by atoms with Gasteiger partial charge in [-0.05, 0) is 78.9 Å². The van der Waals surface area contributed by atoms with Crippen LogP contribution in [0.5, 0.6) is 5.75 Å². The predicted molar refractivity (Wildman–Crippen MR) is 163 cm³/mol. The standard InChI is InChI=1S/C33H27Cl3N2O/c1-20-5-13-31-29(15-20)27-3-2-4-28(27)33(38-31)21-7-11-26(12-8-21)37-18-23-16-24(34)10-14-32(23)39-19-22-6-9-25(35)17-30(22)36/h2-3,5-18,27-28,33,38H,4,19H2,1H3/t27-,28-,33-/m1/s1. The molecule has 0 saturated heterocycles. The zero-order chi connectivity index (χ0) is 26.9. The van der Waals surface area contributed by atoms with E-state index in [4.69, 9.17) is 44.5 Å². The molecule has 3 atom stereocenters. The molecule has 1 heterocycles. The molecule has 0 unspecified atom stereocenters. The molecule has 1 aliphatic carbocycles. The van der Waals surface area contributed by atoms with Gasteiger partial charge in [-0.3, -0.25) is 4.99 Å². The van der Waals surface area contributed by atoms with E-state index in [-0.39, 0.29) is 6.04 Å². The molecule has 3 nitrogen and oxygen atoms in total. The Morgan fingerprint density at radius 2 is 1.72 bits per heavy atom. The summed E-state index contributed by atoms with van der Waals surface area (Å²) in [4.78, 5) is 4.72. The summed E-state index contributed by atoms with van der Waals surface area (Å²) in [6.45, 7) is 2.47. The van der Waals surface area contributed by atoms with Crippen molar-refractivity contribution in [3.05, 3.63) is 134 Å². The molecule has 6 heteroatoms. The molecule has 0 saturated carbocycles. The number of aryl methyl sites for hydroxylation is 1. The Morgan fingerprint density at radius 3 is 2.54 bits per heavy atom. The molecule has 0 radical (unpaired) electrons. The Morgan fingerprint density at radius 1 is 0.923 bits per heavy atom. The van der Waals surface area contributed by atoms with Crippen LogP contribution in [0.1, 0.15) is 46.2 Å². The van der Waals surface area contributed by atoms with Crippen LogP contribution in [0.15, 0.2) is 96.0 Å². The third kappa shape index (κ3) is 5.58. The van der Waals surface area contributed by atoms with Gasteiger partial charge < -0.3 is 10.1 Å². The Hall–Kier alpha value is -3.24. The lowest BCUT2D eigenvalue weighted by Gasteiger charge is -2.37. The van der Waals surface area contributed by atoms with Crippen LogP contribution < -0.4 is 10.1 Å². The molecule has 0 fully saturated rings. The molecule has 0 spiro atoms. The normalized spacial score (nSPS) is 19.5. The van der Waals surface area contributed by atoms with Crippen molar-refractivity contribution in [3.8, 4) is 5.75 Å². The average molecular weight is 574 g/mol. The zero-order valence-corrected chi connectivity index (χ0v) is 23.6. The van der Waals surface area contributed by atoms with Gasteiger partial charge in [-0.2, -0.15) is 0 Å². The van der Waals surface area contributed by atoms with Gasteiger partial charge in [-0.25, -0.2) is 0 Å². The van der Waals surface area contributed by atoms with Gasteiger partial charge in [0.05, 0.1) is 11.7 Å². The summed E-state index contributed by atoms with van der Waals surface area (Å²) >= 11 is 18.6. The van der Waals surface area contributed by atoms with Crippen LogP contribution >= 0.6 is 34.8 Å². The van der Waals surface area contributed by atoms with Crippen LogP contribution in [0.3, 0.4) is 0 Å². The number of rotatable bonds is 6. The molecular weight excluding hydrogens is 547 g/mol. The van der Waals surface area contributed by atoms with Crippen LogP contribution in [0.2, 0.25) is 15.1 Å². The van der Waals surface area contributed by atoms with Crippen LogP contribution in [-0.4, -0.2) is 6.21 Å². The Bertz CT molecular complexity index is 1580. The quantitative estimate of drug-likeness (QED) is 0.184. The second kappa shape index (κ2) is 11.1. The number of anilines is 1. The number of ether oxygens (including phenoxy) is 1. The van der Waals surface area contributed by atoms with E-state index in [0.29, 0.717) is 39.3 Å². The fraction of sp³-hybridized carbons (Fsp3) is 0.182. The number of nitrogens with one attached hydrogen (secondary N) is 1. The number of allylic oxidation sites excluding steroid dienone is 2. The maximum atomic E-state index is 6.31. The minimum atomic E-state index is 0.255. The molecular formula is C33H27Cl3N2O. The van der Waals surface area contributed by atoms with Crippen molar-refractivity contribution in [1.29, 1.82) is 0 Å². The lowest BCUT2D eigenvalue weighted by molar-refractivity contribution is 0.306. The van der Waals surface area contributed by atoms with Gasteiger partial charge in [0.2, 0.25) is 0 Å². The Balaban J connectivity index is 1.19. The molecule has 2 aliphatic rings. The highest BCUT2D eigenvalue weighted by Crippen LogP contribution is 2.50. The van der Waals surface area contributed by atoms with E-state index in [0.717, 1.165) is 23.2 Å². The zero-order valence-electron chi connectivity index (χ0n) is 21.4. The van der Waals surface area contributed by atoms with Crippen molar-refractivity contribution in [1.82, 2.24) is 0 Å². The summed E-state index contributed by atoms with van der Waals surface area (Å²) in [5.41, 5.74) is 7.71. The largest absolute Gasteiger partial charge is 0.488 e. The molecule has 6 rings (SSSR count). The van der Waals surface area contributed by atoms with Crippen LogP contribution in [0.4, 0.5) is 11.4 Å². The second-order valence-electron chi connectivity index (χ2n) is 10.1. The van der Waals surface area contributed by atoms with Crippen molar-refractivity contribution in [2.75, 3.05) is 5.32 Å². The summed E-state index contributed by atoms with van der Waals surface area (Å²) in [6.07, 6.45) is 7.56. The highest BCUT2D eigenvalue weighted by Gasteiger charge is 2.37. The topological polar surface area (TPSA) is 33.6 Å². The summed E-state index contributed by atoms with van der Waals surface area (Å²) in [5, 5.41) is 5.58. The highest BCUT2D eigenvalue weighted by molar-refractivity contribution is 6.35. The van der Waals surface area contributed by atoms with Gasteiger partial charge in [-0.15, -0.1) is 0 Å². The molecule has 1 aliphatic heterocycles. The van der Waals surface area contributed by atoms with E-state index < -0.39 is 0 Å². The fourth-order valence-electron chi connectivity index (χ4n) is 5.50. The van der Waals surface area contributed by atoms with Gasteiger partial charge in [0.1, 0.15) is 12.4 Å². The molecule has 0 bridgehead atoms. The van der Waals surface area contributed by atoms with Gasteiger partial charge in [0, 0.05) is 44.0 Å². The van der Waals surface area contributed by atoms with Crippen molar-refractivity contribution in [2.45, 2.75) is 31.9 Å². The highest BCUT2D eigenvalue weighted by atomic mass is 35.5. The number of nitrogens with zero attached hydrogens (tertiary/aromatic N) is 1. The monoisotopic (exact) mass is 572 g/mol. The fourth-order valence-corrected chi connectivity index (χ4v) is 6.15. The average Bonchev–Trinajstić information content (AvgIpc) is 3.43. The molecule has 39 heavy (non-hydrogen) atoms. The SMILES string of the molecule is Cc1ccc2c(c1)[C@@H]1C=CC[C@H]1[C@@H](c1ccc(N=Cc3cc(Cl)ccc3OCc3ccc(Cl)cc3Cl)cc1)N2. The van der Waals surface area contributed by atoms with Gasteiger partial charge in [0.25, 0.3) is 0 Å². The van der Waals surface area contributed by atoms with E-state index in [1.54, 1.807) is 24.4 Å². The molecule has 4 aromatic carbocycles. The first kappa shape index (κ1) is 26.0. The number of halogens is 3. The first-order chi connectivity index (χ1) is 18.9. The van der Waals surface area contributed by atoms with Gasteiger partial charge in [-0.1, -0.05) is 82.9 Å². The minimum Gasteiger partial charge on any atom is -0.488 e. The maximum absolute atomic E-state index is 6.31. The summed E-state index contributed by atoms with van der Waals surface area (Å²) in [6, 6.07) is 26.3. The number of hydrogen-bond donors (Lipinski definition) is 1. The minimum absolute atomic E-state index is 0.255. The van der Waals surface area contributed by atoms with Gasteiger partial charge >= 0.3 is 0 Å². The number of hydrogen-bond acceptors (Lipinski definition) is 3. The summed E-state index contributed by atoms with van der Waals surface area (Å²) in [5.74, 6) is 1.63. The molecule has 0 aromatic heterocycles. The molecule has 1 N–H and O–H groups in total. The van der Waals surface area contributed by atoms with E-state index in [1.165, 1.54) is 22.4 Å². The van der Waals surface area contributed by atoms with E-state index in [2.05, 4.69) is 66.9 Å². The van der Waals surface area contributed by atoms with Crippen LogP contribution in [0, 0.1) is 12.8 Å². The molecule has 196 valence electrons. The maximum Gasteiger partial charge on any atom is 0.128 e. The number of aliphatic imine (C=N–C) groups is 1. The van der Waals surface area contributed by atoms with Crippen LogP contribution in [-0.2, 0) is 6.61 Å². The summed E-state index contributed by atoms with van der Waals surface area (Å²) < 4.78 is 6.07. The third-order valence-corrected chi connectivity index (χ3v) is 8.32. The lowest BCUT2D eigenvalue weighted by Crippen LogP contribution is -2.29. The Kier molecular flexibility index (Phi) is 7.40. The third-order valence-electron chi connectivity index (χ3n) is 7.49. The van der Waals surface area contributed by atoms with Crippen molar-refractivity contribution >= 4 is 52.4 Å². The number of benzene rings is 4. The van der Waals surface area contributed by atoms with Crippen molar-refractivity contribution in [3.63, 3.8) is 0 Å². The van der Waals surface area contributed by atoms with Crippen LogP contribution in [0.25, 0.3) is 0 Å². The molecule has 4 aromatic rings. The van der Waals surface area contributed by atoms with Crippen molar-refractivity contribution in [2.24, 2.45) is 10.9 Å².